The second kappa shape index (κ2) is 11.3. The smallest absolute Gasteiger partial charge is 0.309 e. The average Bonchev–Trinajstić information content (AvgIpc) is 3.08. The highest BCUT2D eigenvalue weighted by Gasteiger charge is 2.24. The predicted molar refractivity (Wildman–Crippen MR) is 107 cm³/mol. The number of esters is 1. The summed E-state index contributed by atoms with van der Waals surface area (Å²) in [5.41, 5.74) is 2.60. The molecule has 3 rings (SSSR count). The molecule has 2 aliphatic rings. The Morgan fingerprint density at radius 3 is 2.76 bits per heavy atom. The highest BCUT2D eigenvalue weighted by atomic mass is 16.5. The lowest BCUT2D eigenvalue weighted by Gasteiger charge is -2.20. The molecule has 2 aliphatic heterocycles. The lowest BCUT2D eigenvalue weighted by Crippen LogP contribution is -2.28. The molecule has 0 unspecified atom stereocenters. The molecule has 1 fully saturated rings. The topological polar surface area (TPSA) is 91.7 Å². The third-order valence-electron chi connectivity index (χ3n) is 5.47. The van der Waals surface area contributed by atoms with E-state index in [9.17, 15) is 9.59 Å². The molecular weight excluding hydrogens is 374 g/mol. The predicted octanol–water partition coefficient (Wildman–Crippen LogP) is 1.89. The molecule has 0 aromatic carbocycles. The first kappa shape index (κ1) is 21.8. The number of ether oxygens (including phenoxy) is 3. The van der Waals surface area contributed by atoms with Crippen molar-refractivity contribution in [2.75, 3.05) is 39.6 Å². The fourth-order valence-electron chi connectivity index (χ4n) is 3.87. The molecule has 1 saturated heterocycles. The SMILES string of the molecule is CCn1nc(CCCOC(=O)C2CCOCC2)c2c1C(=O)NCCCOCCC2. The molecule has 0 saturated carbocycles. The van der Waals surface area contributed by atoms with E-state index in [0.29, 0.717) is 64.7 Å². The molecule has 0 atom stereocenters. The van der Waals surface area contributed by atoms with Gasteiger partial charge in [-0.2, -0.15) is 5.10 Å². The number of nitrogens with zero attached hydrogens (tertiary/aromatic N) is 2. The van der Waals surface area contributed by atoms with Crippen LogP contribution in [0.3, 0.4) is 0 Å². The highest BCUT2D eigenvalue weighted by Crippen LogP contribution is 2.20. The standard InChI is InChI=1S/C21H33N3O5/c1-2-24-19-17(6-3-11-27-12-5-10-22-20(19)25)18(23-24)7-4-13-29-21(26)16-8-14-28-15-9-16/h16H,2-15H2,1H3,(H,22,25). The lowest BCUT2D eigenvalue weighted by atomic mass is 10.0. The van der Waals surface area contributed by atoms with Crippen molar-refractivity contribution in [1.29, 1.82) is 0 Å². The van der Waals surface area contributed by atoms with Crippen molar-refractivity contribution in [1.82, 2.24) is 15.1 Å². The van der Waals surface area contributed by atoms with Gasteiger partial charge in [0.05, 0.1) is 18.2 Å². The third-order valence-corrected chi connectivity index (χ3v) is 5.47. The first-order valence-corrected chi connectivity index (χ1v) is 10.9. The van der Waals surface area contributed by atoms with Crippen LogP contribution in [0.5, 0.6) is 0 Å². The molecule has 1 aromatic heterocycles. The first-order valence-electron chi connectivity index (χ1n) is 10.9. The van der Waals surface area contributed by atoms with Crippen molar-refractivity contribution in [2.24, 2.45) is 5.92 Å². The van der Waals surface area contributed by atoms with Crippen molar-refractivity contribution in [3.05, 3.63) is 17.0 Å². The maximum atomic E-state index is 12.7. The van der Waals surface area contributed by atoms with Gasteiger partial charge in [-0.05, 0) is 51.9 Å². The minimum atomic E-state index is -0.122. The number of rotatable bonds is 6. The summed E-state index contributed by atoms with van der Waals surface area (Å²) in [5.74, 6) is -0.222. The van der Waals surface area contributed by atoms with Gasteiger partial charge in [0.15, 0.2) is 0 Å². The molecule has 3 heterocycles. The Kier molecular flexibility index (Phi) is 8.49. The first-order chi connectivity index (χ1) is 14.2. The van der Waals surface area contributed by atoms with E-state index < -0.39 is 0 Å². The molecule has 0 aliphatic carbocycles. The Hall–Kier alpha value is -1.93. The molecule has 0 radical (unpaired) electrons. The van der Waals surface area contributed by atoms with Crippen LogP contribution in [0.15, 0.2) is 0 Å². The fourth-order valence-corrected chi connectivity index (χ4v) is 3.87. The Morgan fingerprint density at radius 2 is 1.97 bits per heavy atom. The van der Waals surface area contributed by atoms with E-state index in [1.54, 1.807) is 4.68 Å². The second-order valence-electron chi connectivity index (χ2n) is 7.57. The highest BCUT2D eigenvalue weighted by molar-refractivity contribution is 5.94. The number of aryl methyl sites for hydroxylation is 2. The van der Waals surface area contributed by atoms with Crippen molar-refractivity contribution < 1.29 is 23.8 Å². The van der Waals surface area contributed by atoms with Crippen LogP contribution in [-0.2, 0) is 38.4 Å². The summed E-state index contributed by atoms with van der Waals surface area (Å²) < 4.78 is 18.2. The zero-order chi connectivity index (χ0) is 20.5. The molecule has 1 N–H and O–H groups in total. The van der Waals surface area contributed by atoms with Crippen LogP contribution in [0, 0.1) is 5.92 Å². The summed E-state index contributed by atoms with van der Waals surface area (Å²) in [6, 6.07) is 0. The van der Waals surface area contributed by atoms with Crippen molar-refractivity contribution >= 4 is 11.9 Å². The van der Waals surface area contributed by atoms with Crippen LogP contribution in [0.25, 0.3) is 0 Å². The van der Waals surface area contributed by atoms with Gasteiger partial charge in [0, 0.05) is 45.1 Å². The summed E-state index contributed by atoms with van der Waals surface area (Å²) in [7, 11) is 0. The second-order valence-corrected chi connectivity index (χ2v) is 7.57. The molecule has 1 amide bonds. The quantitative estimate of drug-likeness (QED) is 0.572. The van der Waals surface area contributed by atoms with E-state index >= 15 is 0 Å². The molecule has 29 heavy (non-hydrogen) atoms. The van der Waals surface area contributed by atoms with E-state index in [1.807, 2.05) is 6.92 Å². The number of amides is 1. The molecule has 0 spiro atoms. The summed E-state index contributed by atoms with van der Waals surface area (Å²) in [6.07, 6.45) is 5.30. The van der Waals surface area contributed by atoms with Crippen molar-refractivity contribution in [3.63, 3.8) is 0 Å². The molecule has 1 aromatic rings. The maximum Gasteiger partial charge on any atom is 0.309 e. The van der Waals surface area contributed by atoms with Gasteiger partial charge in [-0.1, -0.05) is 0 Å². The Balaban J connectivity index is 1.61. The normalized spacial score (nSPS) is 19.1. The molecule has 162 valence electrons. The van der Waals surface area contributed by atoms with Crippen molar-refractivity contribution in [2.45, 2.75) is 58.4 Å². The molecular formula is C21H33N3O5. The average molecular weight is 408 g/mol. The van der Waals surface area contributed by atoms with Crippen LogP contribution in [0.2, 0.25) is 0 Å². The van der Waals surface area contributed by atoms with Crippen molar-refractivity contribution in [3.8, 4) is 0 Å². The Labute approximate surface area is 172 Å². The van der Waals surface area contributed by atoms with Gasteiger partial charge < -0.3 is 19.5 Å². The minimum absolute atomic E-state index is 0.0385. The summed E-state index contributed by atoms with van der Waals surface area (Å²) in [5, 5.41) is 7.68. The van der Waals surface area contributed by atoms with E-state index in [0.717, 1.165) is 43.4 Å². The zero-order valence-corrected chi connectivity index (χ0v) is 17.4. The fraction of sp³-hybridized carbons (Fsp3) is 0.762. The minimum Gasteiger partial charge on any atom is -0.465 e. The van der Waals surface area contributed by atoms with E-state index in [2.05, 4.69) is 5.32 Å². The van der Waals surface area contributed by atoms with Gasteiger partial charge in [-0.25, -0.2) is 0 Å². The van der Waals surface area contributed by atoms with E-state index in [-0.39, 0.29) is 17.8 Å². The lowest BCUT2D eigenvalue weighted by molar-refractivity contribution is -0.151. The van der Waals surface area contributed by atoms with Gasteiger partial charge in [0.25, 0.3) is 5.91 Å². The van der Waals surface area contributed by atoms with Crippen LogP contribution >= 0.6 is 0 Å². The summed E-state index contributed by atoms with van der Waals surface area (Å²) in [6.45, 7) is 6.23. The summed E-state index contributed by atoms with van der Waals surface area (Å²) >= 11 is 0. The number of aromatic nitrogens is 2. The van der Waals surface area contributed by atoms with Gasteiger partial charge in [0.2, 0.25) is 0 Å². The number of nitrogens with one attached hydrogen (secondary N) is 1. The largest absolute Gasteiger partial charge is 0.465 e. The number of carbonyl (C=O) groups is 2. The van der Waals surface area contributed by atoms with Crippen LogP contribution < -0.4 is 5.32 Å². The Morgan fingerprint density at radius 1 is 1.21 bits per heavy atom. The van der Waals surface area contributed by atoms with E-state index in [1.165, 1.54) is 0 Å². The number of hydrogen-bond acceptors (Lipinski definition) is 6. The number of carbonyl (C=O) groups excluding carboxylic acids is 2. The maximum absolute atomic E-state index is 12.7. The zero-order valence-electron chi connectivity index (χ0n) is 17.4. The van der Waals surface area contributed by atoms with Gasteiger partial charge in [-0.15, -0.1) is 0 Å². The number of hydrogen-bond donors (Lipinski definition) is 1. The van der Waals surface area contributed by atoms with Gasteiger partial charge in [0.1, 0.15) is 5.69 Å². The molecule has 8 heteroatoms. The van der Waals surface area contributed by atoms with Gasteiger partial charge >= 0.3 is 5.97 Å². The summed E-state index contributed by atoms with van der Waals surface area (Å²) in [4.78, 5) is 24.9. The van der Waals surface area contributed by atoms with Crippen LogP contribution in [-0.4, -0.2) is 61.2 Å². The van der Waals surface area contributed by atoms with Crippen LogP contribution in [0.1, 0.15) is 60.8 Å². The van der Waals surface area contributed by atoms with E-state index in [4.69, 9.17) is 19.3 Å². The number of fused-ring (bicyclic) bond motifs is 1. The monoisotopic (exact) mass is 407 g/mol. The van der Waals surface area contributed by atoms with Gasteiger partial charge in [-0.3, -0.25) is 14.3 Å². The third kappa shape index (κ3) is 6.02. The Bertz CT molecular complexity index is 682. The molecule has 0 bridgehead atoms. The van der Waals surface area contributed by atoms with Crippen LogP contribution in [0.4, 0.5) is 0 Å². The molecule has 8 nitrogen and oxygen atoms in total.